The lowest BCUT2D eigenvalue weighted by molar-refractivity contribution is 0.147. The highest BCUT2D eigenvalue weighted by Gasteiger charge is 2.20. The van der Waals surface area contributed by atoms with Crippen LogP contribution in [0.15, 0.2) is 6.20 Å². The van der Waals surface area contributed by atoms with Crippen molar-refractivity contribution in [3.05, 3.63) is 22.5 Å². The van der Waals surface area contributed by atoms with Crippen LogP contribution in [0, 0.1) is 11.3 Å². The van der Waals surface area contributed by atoms with Crippen LogP contribution in [0.5, 0.6) is 5.75 Å². The first-order chi connectivity index (χ1) is 6.07. The predicted molar refractivity (Wildman–Crippen MR) is 40.6 cm³/mol. The van der Waals surface area contributed by atoms with E-state index in [0.29, 0.717) is 0 Å². The number of rotatable bonds is 1. The molecule has 1 aromatic rings. The van der Waals surface area contributed by atoms with Crippen molar-refractivity contribution in [2.45, 2.75) is 6.43 Å². The Morgan fingerprint density at radius 1 is 1.62 bits per heavy atom. The quantitative estimate of drug-likeness (QED) is 0.714. The normalized spacial score (nSPS) is 10.1. The lowest BCUT2D eigenvalue weighted by Crippen LogP contribution is -1.93. The topological polar surface area (TPSA) is 56.9 Å². The molecule has 6 heteroatoms. The number of nitrogens with zero attached hydrogens (tertiary/aromatic N) is 2. The molecule has 0 saturated carbocycles. The molecule has 68 valence electrons. The highest BCUT2D eigenvalue weighted by atomic mass is 35.5. The van der Waals surface area contributed by atoms with Gasteiger partial charge < -0.3 is 5.11 Å². The fourth-order valence-electron chi connectivity index (χ4n) is 0.801. The number of nitriles is 1. The zero-order chi connectivity index (χ0) is 10.0. The van der Waals surface area contributed by atoms with E-state index in [1.54, 1.807) is 0 Å². The van der Waals surface area contributed by atoms with Crippen molar-refractivity contribution in [3.8, 4) is 11.8 Å². The first kappa shape index (κ1) is 9.68. The van der Waals surface area contributed by atoms with Gasteiger partial charge in [-0.1, -0.05) is 11.6 Å². The fraction of sp³-hybridized carbons (Fsp3) is 0.143. The van der Waals surface area contributed by atoms with Gasteiger partial charge >= 0.3 is 0 Å². The van der Waals surface area contributed by atoms with Gasteiger partial charge in [0.05, 0.1) is 11.1 Å². The Morgan fingerprint density at radius 2 is 2.23 bits per heavy atom. The van der Waals surface area contributed by atoms with E-state index in [0.717, 1.165) is 6.20 Å². The summed E-state index contributed by atoms with van der Waals surface area (Å²) in [7, 11) is 0. The van der Waals surface area contributed by atoms with Crippen LogP contribution in [-0.4, -0.2) is 10.1 Å². The number of hydrogen-bond donors (Lipinski definition) is 1. The van der Waals surface area contributed by atoms with Gasteiger partial charge in [0.2, 0.25) is 0 Å². The summed E-state index contributed by atoms with van der Waals surface area (Å²) >= 11 is 5.28. The van der Waals surface area contributed by atoms with Crippen molar-refractivity contribution >= 4 is 11.6 Å². The number of pyridine rings is 1. The minimum atomic E-state index is -2.95. The molecule has 1 aromatic heterocycles. The maximum atomic E-state index is 12.3. The number of alkyl halides is 2. The molecule has 3 nitrogen and oxygen atoms in total. The van der Waals surface area contributed by atoms with E-state index in [1.165, 1.54) is 6.07 Å². The van der Waals surface area contributed by atoms with Crippen molar-refractivity contribution < 1.29 is 13.9 Å². The summed E-state index contributed by atoms with van der Waals surface area (Å²) < 4.78 is 24.5. The van der Waals surface area contributed by atoms with Crippen LogP contribution in [0.2, 0.25) is 5.15 Å². The van der Waals surface area contributed by atoms with Gasteiger partial charge in [-0.2, -0.15) is 5.26 Å². The molecule has 0 aliphatic rings. The van der Waals surface area contributed by atoms with Crippen molar-refractivity contribution in [2.24, 2.45) is 0 Å². The minimum Gasteiger partial charge on any atom is -0.504 e. The summed E-state index contributed by atoms with van der Waals surface area (Å²) in [5, 5.41) is 17.0. The monoisotopic (exact) mass is 204 g/mol. The third-order valence-electron chi connectivity index (χ3n) is 1.39. The molecule has 1 heterocycles. The van der Waals surface area contributed by atoms with Gasteiger partial charge in [-0.3, -0.25) is 0 Å². The largest absolute Gasteiger partial charge is 0.504 e. The molecule has 1 rings (SSSR count). The zero-order valence-corrected chi connectivity index (χ0v) is 6.89. The Labute approximate surface area is 77.2 Å². The van der Waals surface area contributed by atoms with E-state index < -0.39 is 22.9 Å². The average molecular weight is 205 g/mol. The van der Waals surface area contributed by atoms with Gasteiger partial charge in [0, 0.05) is 6.20 Å². The van der Waals surface area contributed by atoms with Gasteiger partial charge in [-0.25, -0.2) is 13.8 Å². The smallest absolute Gasteiger partial charge is 0.268 e. The van der Waals surface area contributed by atoms with Crippen LogP contribution in [0.25, 0.3) is 0 Å². The molecule has 0 radical (unpaired) electrons. The molecular weight excluding hydrogens is 202 g/mol. The number of hydrogen-bond acceptors (Lipinski definition) is 3. The van der Waals surface area contributed by atoms with Gasteiger partial charge in [0.25, 0.3) is 6.43 Å². The van der Waals surface area contributed by atoms with Crippen molar-refractivity contribution in [2.75, 3.05) is 0 Å². The van der Waals surface area contributed by atoms with Crippen molar-refractivity contribution in [3.63, 3.8) is 0 Å². The van der Waals surface area contributed by atoms with Crippen molar-refractivity contribution in [1.82, 2.24) is 4.98 Å². The first-order valence-corrected chi connectivity index (χ1v) is 3.51. The zero-order valence-electron chi connectivity index (χ0n) is 6.13. The van der Waals surface area contributed by atoms with Gasteiger partial charge in [-0.05, 0) is 0 Å². The minimum absolute atomic E-state index is 0.378. The molecule has 1 N–H and O–H groups in total. The standard InChI is InChI=1S/C7H3ClF2N2O/c8-6-5(13)4(7(9)10)3(1-11)2-12-6/h2,7,13H. The summed E-state index contributed by atoms with van der Waals surface area (Å²) in [6.45, 7) is 0. The predicted octanol–water partition coefficient (Wildman–Crippen LogP) is 2.25. The van der Waals surface area contributed by atoms with Crippen LogP contribution < -0.4 is 0 Å². The molecule has 0 saturated heterocycles. The Hall–Kier alpha value is -1.41. The Bertz CT molecular complexity index is 375. The molecule has 0 amide bonds. The number of halogens is 3. The molecule has 0 fully saturated rings. The van der Waals surface area contributed by atoms with Crippen LogP contribution >= 0.6 is 11.6 Å². The maximum Gasteiger partial charge on any atom is 0.268 e. The van der Waals surface area contributed by atoms with Crippen LogP contribution in [0.4, 0.5) is 8.78 Å². The molecule has 0 atom stereocenters. The number of aromatic hydroxyl groups is 1. The summed E-state index contributed by atoms with van der Waals surface area (Å²) in [6, 6.07) is 1.48. The lowest BCUT2D eigenvalue weighted by atomic mass is 10.1. The second-order valence-corrected chi connectivity index (χ2v) is 2.50. The van der Waals surface area contributed by atoms with Crippen LogP contribution in [0.1, 0.15) is 17.6 Å². The Kier molecular flexibility index (Phi) is 2.63. The summed E-state index contributed by atoms with van der Waals surface area (Å²) in [6.07, 6.45) is -2.06. The van der Waals surface area contributed by atoms with Gasteiger partial charge in [-0.15, -0.1) is 0 Å². The van der Waals surface area contributed by atoms with E-state index >= 15 is 0 Å². The second-order valence-electron chi connectivity index (χ2n) is 2.14. The highest BCUT2D eigenvalue weighted by Crippen LogP contribution is 2.34. The average Bonchev–Trinajstić information content (AvgIpc) is 2.08. The summed E-state index contributed by atoms with van der Waals surface area (Å²) in [5.41, 5.74) is -1.15. The molecule has 0 spiro atoms. The van der Waals surface area contributed by atoms with Crippen molar-refractivity contribution in [1.29, 1.82) is 5.26 Å². The fourth-order valence-corrected chi connectivity index (χ4v) is 0.951. The van der Waals surface area contributed by atoms with E-state index in [9.17, 15) is 8.78 Å². The Morgan fingerprint density at radius 3 is 2.69 bits per heavy atom. The van der Waals surface area contributed by atoms with E-state index in [-0.39, 0.29) is 5.56 Å². The molecule has 0 bridgehead atoms. The summed E-state index contributed by atoms with van der Waals surface area (Å²) in [5.74, 6) is -0.837. The SMILES string of the molecule is N#Cc1cnc(Cl)c(O)c1C(F)F. The third-order valence-corrected chi connectivity index (χ3v) is 1.66. The number of aromatic nitrogens is 1. The molecule has 0 aliphatic heterocycles. The Balaban J connectivity index is 3.43. The molecule has 0 aromatic carbocycles. The lowest BCUT2D eigenvalue weighted by Gasteiger charge is -2.05. The third kappa shape index (κ3) is 1.68. The molecule has 0 unspecified atom stereocenters. The van der Waals surface area contributed by atoms with E-state index in [2.05, 4.69) is 4.98 Å². The van der Waals surface area contributed by atoms with E-state index in [1.807, 2.05) is 0 Å². The van der Waals surface area contributed by atoms with Gasteiger partial charge in [0.15, 0.2) is 10.9 Å². The second kappa shape index (κ2) is 3.54. The van der Waals surface area contributed by atoms with Crippen LogP contribution in [-0.2, 0) is 0 Å². The first-order valence-electron chi connectivity index (χ1n) is 3.13. The van der Waals surface area contributed by atoms with Gasteiger partial charge in [0.1, 0.15) is 6.07 Å². The van der Waals surface area contributed by atoms with Crippen LogP contribution in [0.3, 0.4) is 0 Å². The highest BCUT2D eigenvalue weighted by molar-refractivity contribution is 6.30. The van der Waals surface area contributed by atoms with E-state index in [4.69, 9.17) is 22.0 Å². The molecule has 0 aliphatic carbocycles. The molecular formula is C7H3ClF2N2O. The molecule has 13 heavy (non-hydrogen) atoms. The summed E-state index contributed by atoms with van der Waals surface area (Å²) in [4.78, 5) is 3.35. The maximum absolute atomic E-state index is 12.3.